The largest absolute Gasteiger partial charge is 0.396 e. The van der Waals surface area contributed by atoms with Gasteiger partial charge in [-0.15, -0.1) is 11.3 Å². The van der Waals surface area contributed by atoms with Gasteiger partial charge in [0.25, 0.3) is 0 Å². The monoisotopic (exact) mass is 478 g/mol. The maximum Gasteiger partial charge on any atom is 0.211 e. The van der Waals surface area contributed by atoms with Crippen molar-refractivity contribution in [2.75, 3.05) is 30.5 Å². The summed E-state index contributed by atoms with van der Waals surface area (Å²) in [5, 5.41) is 1.51. The number of carbonyl (C=O) groups excluding carboxylic acids is 1. The minimum absolute atomic E-state index is 0.177. The average Bonchev–Trinajstić information content (AvgIpc) is 3.40. The summed E-state index contributed by atoms with van der Waals surface area (Å²) in [6.07, 6.45) is 1.79. The molecule has 0 radical (unpaired) electrons. The van der Waals surface area contributed by atoms with E-state index in [0.29, 0.717) is 22.3 Å². The van der Waals surface area contributed by atoms with E-state index in [9.17, 15) is 4.79 Å². The van der Waals surface area contributed by atoms with Gasteiger partial charge in [-0.3, -0.25) is 4.79 Å². The second kappa shape index (κ2) is 7.82. The van der Waals surface area contributed by atoms with Crippen molar-refractivity contribution < 1.29 is 4.79 Å². The molecule has 172 valence electrons. The minimum atomic E-state index is -0.177. The van der Waals surface area contributed by atoms with E-state index in [4.69, 9.17) is 16.5 Å². The molecule has 35 heavy (non-hydrogen) atoms. The highest BCUT2D eigenvalue weighted by atomic mass is 32.1. The fourth-order valence-corrected chi connectivity index (χ4v) is 5.80. The number of thiophene rings is 1. The molecule has 0 bridgehead atoms. The van der Waals surface area contributed by atoms with Crippen molar-refractivity contribution in [1.82, 2.24) is 14.5 Å². The molecule has 4 heterocycles. The zero-order valence-corrected chi connectivity index (χ0v) is 20.0. The van der Waals surface area contributed by atoms with E-state index in [1.165, 1.54) is 11.3 Å². The zero-order chi connectivity index (χ0) is 24.3. The van der Waals surface area contributed by atoms with Crippen LogP contribution in [-0.4, -0.2) is 34.4 Å². The Morgan fingerprint density at radius 3 is 2.31 bits per heavy atom. The molecule has 0 aliphatic carbocycles. The third-order valence-corrected chi connectivity index (χ3v) is 7.30. The summed E-state index contributed by atoms with van der Waals surface area (Å²) in [4.78, 5) is 26.1. The maximum atomic E-state index is 13.8. The molecule has 0 saturated carbocycles. The van der Waals surface area contributed by atoms with Crippen LogP contribution in [0.2, 0.25) is 0 Å². The van der Waals surface area contributed by atoms with Crippen LogP contribution in [0, 0.1) is 0 Å². The van der Waals surface area contributed by atoms with Crippen LogP contribution in [0.1, 0.15) is 16.1 Å². The van der Waals surface area contributed by atoms with Crippen molar-refractivity contribution in [3.05, 3.63) is 84.2 Å². The number of rotatable bonds is 4. The number of nitrogen functional groups attached to an aromatic ring is 2. The Morgan fingerprint density at radius 2 is 1.63 bits per heavy atom. The van der Waals surface area contributed by atoms with Gasteiger partial charge >= 0.3 is 0 Å². The highest BCUT2D eigenvalue weighted by molar-refractivity contribution is 7.26. The lowest BCUT2D eigenvalue weighted by Crippen LogP contribution is -2.11. The lowest BCUT2D eigenvalue weighted by molar-refractivity contribution is 0.103. The van der Waals surface area contributed by atoms with Crippen molar-refractivity contribution in [3.8, 4) is 5.69 Å². The molecule has 4 aromatic heterocycles. The first kappa shape index (κ1) is 21.1. The summed E-state index contributed by atoms with van der Waals surface area (Å²) in [7, 11) is 3.98. The van der Waals surface area contributed by atoms with Gasteiger partial charge in [0, 0.05) is 31.5 Å². The summed E-state index contributed by atoms with van der Waals surface area (Å²) in [6, 6.07) is 20.8. The third-order valence-electron chi connectivity index (χ3n) is 6.20. The number of pyridine rings is 2. The van der Waals surface area contributed by atoms with Gasteiger partial charge < -0.3 is 20.9 Å². The standard InChI is InChI=1S/C27H22N6OS/c1-32(2)17-13-14-30-27-18(17)21-25(35-27)22-19(26(29)31-21)20(28)23(24(34)15-9-5-3-6-10-15)33(22)16-11-7-4-8-12-16/h3-14H,28H2,1-2H3,(H2,29,31). The van der Waals surface area contributed by atoms with Crippen LogP contribution in [0.3, 0.4) is 0 Å². The number of fused-ring (bicyclic) bond motifs is 5. The molecular formula is C27H22N6OS. The molecule has 4 N–H and O–H groups in total. The lowest BCUT2D eigenvalue weighted by atomic mass is 10.1. The Kier molecular flexibility index (Phi) is 4.72. The van der Waals surface area contributed by atoms with Crippen LogP contribution in [0.5, 0.6) is 0 Å². The molecule has 6 aromatic rings. The summed E-state index contributed by atoms with van der Waals surface area (Å²) in [6.45, 7) is 0. The zero-order valence-electron chi connectivity index (χ0n) is 19.2. The van der Waals surface area contributed by atoms with Gasteiger partial charge in [-0.05, 0) is 18.2 Å². The Balaban J connectivity index is 1.82. The molecule has 7 nitrogen and oxygen atoms in total. The summed E-state index contributed by atoms with van der Waals surface area (Å²) < 4.78 is 2.80. The highest BCUT2D eigenvalue weighted by Gasteiger charge is 2.28. The number of aromatic nitrogens is 3. The molecule has 8 heteroatoms. The molecule has 0 fully saturated rings. The Bertz CT molecular complexity index is 1750. The van der Waals surface area contributed by atoms with E-state index >= 15 is 0 Å². The first-order valence-electron chi connectivity index (χ1n) is 11.1. The van der Waals surface area contributed by atoms with Gasteiger partial charge in [-0.25, -0.2) is 9.97 Å². The number of hydrogen-bond donors (Lipinski definition) is 2. The minimum Gasteiger partial charge on any atom is -0.396 e. The van der Waals surface area contributed by atoms with E-state index in [2.05, 4.69) is 4.98 Å². The van der Waals surface area contributed by atoms with Crippen LogP contribution in [-0.2, 0) is 0 Å². The van der Waals surface area contributed by atoms with Crippen molar-refractivity contribution in [2.45, 2.75) is 0 Å². The van der Waals surface area contributed by atoms with Gasteiger partial charge in [-0.1, -0.05) is 48.5 Å². The molecule has 0 saturated heterocycles. The van der Waals surface area contributed by atoms with Gasteiger partial charge in [0.05, 0.1) is 37.9 Å². The van der Waals surface area contributed by atoms with Crippen LogP contribution in [0.4, 0.5) is 17.2 Å². The molecule has 0 amide bonds. The topological polar surface area (TPSA) is 103 Å². The molecule has 0 aliphatic heterocycles. The first-order valence-corrected chi connectivity index (χ1v) is 11.9. The molecule has 0 unspecified atom stereocenters. The number of carbonyl (C=O) groups is 1. The maximum absolute atomic E-state index is 13.8. The highest BCUT2D eigenvalue weighted by Crippen LogP contribution is 2.45. The quantitative estimate of drug-likeness (QED) is 0.336. The van der Waals surface area contributed by atoms with E-state index in [1.807, 2.05) is 78.2 Å². The molecular weight excluding hydrogens is 456 g/mol. The molecule has 6 rings (SSSR count). The van der Waals surface area contributed by atoms with Crippen LogP contribution in [0.15, 0.2) is 72.9 Å². The Morgan fingerprint density at radius 1 is 0.943 bits per heavy atom. The normalized spacial score (nSPS) is 11.5. The number of nitrogens with two attached hydrogens (primary N) is 2. The molecule has 0 spiro atoms. The second-order valence-corrected chi connectivity index (χ2v) is 9.53. The van der Waals surface area contributed by atoms with Crippen molar-refractivity contribution in [1.29, 1.82) is 0 Å². The molecule has 0 aliphatic rings. The van der Waals surface area contributed by atoms with E-state index in [-0.39, 0.29) is 11.6 Å². The van der Waals surface area contributed by atoms with Crippen molar-refractivity contribution >= 4 is 65.6 Å². The average molecular weight is 479 g/mol. The summed E-state index contributed by atoms with van der Waals surface area (Å²) in [5.74, 6) is 0.110. The number of ketones is 1. The third kappa shape index (κ3) is 3.07. The first-order chi connectivity index (χ1) is 17.0. The van der Waals surface area contributed by atoms with E-state index in [1.54, 1.807) is 18.3 Å². The lowest BCUT2D eigenvalue weighted by Gasteiger charge is -2.13. The fourth-order valence-electron chi connectivity index (χ4n) is 4.66. The molecule has 2 aromatic carbocycles. The van der Waals surface area contributed by atoms with Gasteiger partial charge in [-0.2, -0.15) is 0 Å². The number of para-hydroxylation sites is 1. The number of hydrogen-bond acceptors (Lipinski definition) is 7. The molecule has 0 atom stereocenters. The summed E-state index contributed by atoms with van der Waals surface area (Å²) in [5.41, 5.74) is 17.8. The smallest absolute Gasteiger partial charge is 0.211 e. The number of nitrogens with zero attached hydrogens (tertiary/aromatic N) is 4. The summed E-state index contributed by atoms with van der Waals surface area (Å²) >= 11 is 1.53. The predicted octanol–water partition coefficient (Wildman–Crippen LogP) is 5.25. The van der Waals surface area contributed by atoms with Crippen molar-refractivity contribution in [3.63, 3.8) is 0 Å². The Labute approximate surface area is 205 Å². The Hall–Kier alpha value is -4.43. The van der Waals surface area contributed by atoms with Gasteiger partial charge in [0.2, 0.25) is 5.78 Å². The van der Waals surface area contributed by atoms with Crippen molar-refractivity contribution in [2.24, 2.45) is 0 Å². The van der Waals surface area contributed by atoms with Crippen LogP contribution >= 0.6 is 11.3 Å². The number of anilines is 3. The van der Waals surface area contributed by atoms with Gasteiger partial charge in [0.1, 0.15) is 16.3 Å². The van der Waals surface area contributed by atoms with E-state index in [0.717, 1.165) is 37.3 Å². The van der Waals surface area contributed by atoms with Gasteiger partial charge in [0.15, 0.2) is 0 Å². The SMILES string of the molecule is CN(C)c1ccnc2sc3c(nc(N)c4c(N)c(C(=O)c5ccccc5)n(-c5ccccc5)c43)c12. The van der Waals surface area contributed by atoms with Crippen LogP contribution < -0.4 is 16.4 Å². The number of benzene rings is 2. The fraction of sp³-hybridized carbons (Fsp3) is 0.0741. The predicted molar refractivity (Wildman–Crippen MR) is 145 cm³/mol. The second-order valence-electron chi connectivity index (χ2n) is 8.53. The van der Waals surface area contributed by atoms with Crippen LogP contribution in [0.25, 0.3) is 37.0 Å². The van der Waals surface area contributed by atoms with E-state index < -0.39 is 0 Å².